The van der Waals surface area contributed by atoms with E-state index in [0.29, 0.717) is 13.1 Å². The van der Waals surface area contributed by atoms with Crippen LogP contribution in [-0.2, 0) is 6.54 Å². The van der Waals surface area contributed by atoms with Crippen LogP contribution in [0.5, 0.6) is 0 Å². The monoisotopic (exact) mass is 268 g/mol. The Morgan fingerprint density at radius 3 is 2.83 bits per heavy atom. The van der Waals surface area contributed by atoms with Crippen LogP contribution in [0.1, 0.15) is 26.5 Å². The van der Waals surface area contributed by atoms with Crippen molar-refractivity contribution in [2.24, 2.45) is 5.73 Å². The number of aromatic nitrogens is 2. The molecule has 0 radical (unpaired) electrons. The van der Waals surface area contributed by atoms with E-state index in [-0.39, 0.29) is 0 Å². The first-order valence-corrected chi connectivity index (χ1v) is 6.96. The number of imidazole rings is 1. The number of nitrogens with two attached hydrogens (primary N) is 1. The molecule has 18 heavy (non-hydrogen) atoms. The fourth-order valence-electron chi connectivity index (χ4n) is 2.07. The van der Waals surface area contributed by atoms with Crippen LogP contribution >= 0.6 is 11.3 Å². The summed E-state index contributed by atoms with van der Waals surface area (Å²) in [5.74, 6) is 0.883. The highest BCUT2D eigenvalue weighted by Crippen LogP contribution is 2.25. The summed E-state index contributed by atoms with van der Waals surface area (Å²) in [6, 6.07) is 0. The maximum atomic E-state index is 9.96. The molecule has 0 aliphatic rings. The summed E-state index contributed by atoms with van der Waals surface area (Å²) in [5, 5.41) is 12.0. The second kappa shape index (κ2) is 4.87. The number of hydrogen-bond acceptors (Lipinski definition) is 5. The van der Waals surface area contributed by atoms with Crippen molar-refractivity contribution in [1.82, 2.24) is 9.38 Å². The number of thiazole rings is 1. The summed E-state index contributed by atoms with van der Waals surface area (Å²) in [4.78, 5) is 7.63. The van der Waals surface area contributed by atoms with Crippen LogP contribution in [0.3, 0.4) is 0 Å². The van der Waals surface area contributed by atoms with Crippen LogP contribution in [0.4, 0.5) is 5.82 Å². The normalized spacial score (nSPS) is 12.3. The molecule has 5 nitrogen and oxygen atoms in total. The quantitative estimate of drug-likeness (QED) is 0.861. The van der Waals surface area contributed by atoms with Crippen LogP contribution in [0.2, 0.25) is 0 Å². The molecular weight excluding hydrogens is 248 g/mol. The van der Waals surface area contributed by atoms with E-state index in [9.17, 15) is 5.11 Å². The largest absolute Gasteiger partial charge is 0.389 e. The van der Waals surface area contributed by atoms with Crippen molar-refractivity contribution in [3.63, 3.8) is 0 Å². The second-order valence-corrected chi connectivity index (χ2v) is 5.84. The van der Waals surface area contributed by atoms with Crippen molar-refractivity contribution < 1.29 is 5.11 Å². The van der Waals surface area contributed by atoms with E-state index in [1.54, 1.807) is 25.2 Å². The highest BCUT2D eigenvalue weighted by Gasteiger charge is 2.22. The molecule has 0 unspecified atom stereocenters. The molecule has 6 heteroatoms. The number of fused-ring (bicyclic) bond motifs is 1. The van der Waals surface area contributed by atoms with Gasteiger partial charge in [0.2, 0.25) is 0 Å². The Morgan fingerprint density at radius 1 is 1.56 bits per heavy atom. The van der Waals surface area contributed by atoms with Gasteiger partial charge in [-0.3, -0.25) is 4.40 Å². The summed E-state index contributed by atoms with van der Waals surface area (Å²) in [7, 11) is 0. The molecule has 0 aliphatic carbocycles. The minimum atomic E-state index is -0.751. The summed E-state index contributed by atoms with van der Waals surface area (Å²) in [6.07, 6.45) is 1.98. The van der Waals surface area contributed by atoms with Crippen molar-refractivity contribution in [3.8, 4) is 0 Å². The molecule has 3 N–H and O–H groups in total. The Hall–Kier alpha value is -1.11. The molecule has 0 atom stereocenters. The number of anilines is 1. The van der Waals surface area contributed by atoms with Gasteiger partial charge in [0.05, 0.1) is 11.3 Å². The van der Waals surface area contributed by atoms with Crippen LogP contribution in [-0.4, -0.2) is 33.2 Å². The molecule has 0 spiro atoms. The second-order valence-electron chi connectivity index (χ2n) is 4.97. The molecule has 0 aliphatic heterocycles. The van der Waals surface area contributed by atoms with Gasteiger partial charge in [-0.1, -0.05) is 0 Å². The zero-order valence-corrected chi connectivity index (χ0v) is 11.9. The van der Waals surface area contributed by atoms with Gasteiger partial charge in [0.25, 0.3) is 0 Å². The van der Waals surface area contributed by atoms with Crippen LogP contribution < -0.4 is 10.6 Å². The number of nitrogens with zero attached hydrogens (tertiary/aromatic N) is 3. The third-order valence-electron chi connectivity index (χ3n) is 2.79. The minimum Gasteiger partial charge on any atom is -0.389 e. The van der Waals surface area contributed by atoms with Crippen molar-refractivity contribution in [2.45, 2.75) is 32.9 Å². The SMILES string of the molecule is CCN(CC(C)(C)O)c1nc2sccn2c1CN. The Balaban J connectivity index is 2.41. The topological polar surface area (TPSA) is 66.8 Å². The Kier molecular flexibility index (Phi) is 3.61. The number of rotatable bonds is 5. The maximum absolute atomic E-state index is 9.96. The van der Waals surface area contributed by atoms with Gasteiger partial charge >= 0.3 is 0 Å². The molecule has 2 aromatic heterocycles. The highest BCUT2D eigenvalue weighted by atomic mass is 32.1. The van der Waals surface area contributed by atoms with Gasteiger partial charge in [-0.25, -0.2) is 4.98 Å². The van der Waals surface area contributed by atoms with E-state index in [2.05, 4.69) is 16.8 Å². The first-order valence-electron chi connectivity index (χ1n) is 6.08. The molecule has 0 aromatic carbocycles. The van der Waals surface area contributed by atoms with E-state index in [4.69, 9.17) is 5.73 Å². The number of hydrogen-bond donors (Lipinski definition) is 2. The highest BCUT2D eigenvalue weighted by molar-refractivity contribution is 7.15. The molecule has 2 rings (SSSR count). The van der Waals surface area contributed by atoms with Crippen LogP contribution in [0, 0.1) is 0 Å². The van der Waals surface area contributed by atoms with E-state index in [1.165, 1.54) is 0 Å². The lowest BCUT2D eigenvalue weighted by molar-refractivity contribution is 0.0874. The zero-order chi connectivity index (χ0) is 13.3. The van der Waals surface area contributed by atoms with E-state index >= 15 is 0 Å². The molecular formula is C12H20N4OS. The van der Waals surface area contributed by atoms with Crippen molar-refractivity contribution >= 4 is 22.1 Å². The Morgan fingerprint density at radius 2 is 2.28 bits per heavy atom. The zero-order valence-electron chi connectivity index (χ0n) is 11.1. The molecule has 0 amide bonds. The average Bonchev–Trinajstić information content (AvgIpc) is 2.83. The first kappa shape index (κ1) is 13.3. The molecule has 0 bridgehead atoms. The standard InChI is InChI=1S/C12H20N4OS/c1-4-15(8-12(2,3)17)10-9(7-13)16-5-6-18-11(16)14-10/h5-6,17H,4,7-8,13H2,1-3H3. The molecule has 0 fully saturated rings. The Labute approximate surface area is 111 Å². The average molecular weight is 268 g/mol. The molecule has 2 aromatic rings. The third-order valence-corrected chi connectivity index (χ3v) is 3.55. The number of aliphatic hydroxyl groups is 1. The van der Waals surface area contributed by atoms with Crippen LogP contribution in [0.15, 0.2) is 11.6 Å². The van der Waals surface area contributed by atoms with Gasteiger partial charge in [-0.15, -0.1) is 11.3 Å². The summed E-state index contributed by atoms with van der Waals surface area (Å²) < 4.78 is 2.02. The lowest BCUT2D eigenvalue weighted by atomic mass is 10.1. The van der Waals surface area contributed by atoms with Gasteiger partial charge in [-0.05, 0) is 20.8 Å². The van der Waals surface area contributed by atoms with Crippen molar-refractivity contribution in [1.29, 1.82) is 0 Å². The van der Waals surface area contributed by atoms with E-state index in [0.717, 1.165) is 23.0 Å². The van der Waals surface area contributed by atoms with Crippen LogP contribution in [0.25, 0.3) is 4.96 Å². The van der Waals surface area contributed by atoms with E-state index in [1.807, 2.05) is 16.0 Å². The van der Waals surface area contributed by atoms with E-state index < -0.39 is 5.60 Å². The van der Waals surface area contributed by atoms with Gasteiger partial charge < -0.3 is 15.7 Å². The van der Waals surface area contributed by atoms with Crippen molar-refractivity contribution in [3.05, 3.63) is 17.3 Å². The molecule has 2 heterocycles. The van der Waals surface area contributed by atoms with Crippen molar-refractivity contribution in [2.75, 3.05) is 18.0 Å². The molecule has 0 saturated heterocycles. The smallest absolute Gasteiger partial charge is 0.195 e. The Bertz CT molecular complexity index is 526. The predicted octanol–water partition coefficient (Wildman–Crippen LogP) is 1.45. The lowest BCUT2D eigenvalue weighted by Gasteiger charge is -2.28. The third kappa shape index (κ3) is 2.50. The maximum Gasteiger partial charge on any atom is 0.195 e. The molecule has 0 saturated carbocycles. The fraction of sp³-hybridized carbons (Fsp3) is 0.583. The predicted molar refractivity (Wildman–Crippen MR) is 75.1 cm³/mol. The molecule has 100 valence electrons. The number of likely N-dealkylation sites (N-methyl/N-ethyl adjacent to an activating group) is 1. The van der Waals surface area contributed by atoms with Gasteiger partial charge in [0, 0.05) is 31.2 Å². The van der Waals surface area contributed by atoms with Gasteiger partial charge in [-0.2, -0.15) is 0 Å². The van der Waals surface area contributed by atoms with Gasteiger partial charge in [0.1, 0.15) is 0 Å². The fourth-order valence-corrected chi connectivity index (χ4v) is 2.80. The summed E-state index contributed by atoms with van der Waals surface area (Å²) in [6.45, 7) is 7.44. The van der Waals surface area contributed by atoms with Gasteiger partial charge in [0.15, 0.2) is 10.8 Å². The summed E-state index contributed by atoms with van der Waals surface area (Å²) >= 11 is 1.59. The minimum absolute atomic E-state index is 0.440. The summed E-state index contributed by atoms with van der Waals surface area (Å²) in [5.41, 5.74) is 6.08. The first-order chi connectivity index (χ1) is 8.46. The lowest BCUT2D eigenvalue weighted by Crippen LogP contribution is -2.39.